The highest BCUT2D eigenvalue weighted by Gasteiger charge is 1.92. The lowest BCUT2D eigenvalue weighted by molar-refractivity contribution is 0.250. The predicted molar refractivity (Wildman–Crippen MR) is 34.9 cm³/mol. The van der Waals surface area contributed by atoms with Gasteiger partial charge in [-0.1, -0.05) is 10.4 Å². The average molecular weight is 162 g/mol. The standard InChI is InChI=1S/C4H6N2O3S/c1-2-3-5-4(7)6-10(8)9/h2H,1,3H2,(H,5,7). The molecule has 0 bridgehead atoms. The molecule has 0 atom stereocenters. The summed E-state index contributed by atoms with van der Waals surface area (Å²) in [5.41, 5.74) is 0. The minimum absolute atomic E-state index is 0.208. The monoisotopic (exact) mass is 162 g/mol. The van der Waals surface area contributed by atoms with Crippen LogP contribution in [0.3, 0.4) is 0 Å². The Morgan fingerprint density at radius 3 is 2.70 bits per heavy atom. The SMILES string of the molecule is C=CCNC(=O)N=S(=O)=O. The maximum Gasteiger partial charge on any atom is 0.356 e. The molecule has 6 heteroatoms. The fourth-order valence-electron chi connectivity index (χ4n) is 0.259. The van der Waals surface area contributed by atoms with Gasteiger partial charge in [-0.2, -0.15) is 8.42 Å². The minimum atomic E-state index is -2.67. The van der Waals surface area contributed by atoms with Gasteiger partial charge in [-0.15, -0.1) is 6.58 Å². The van der Waals surface area contributed by atoms with Crippen LogP contribution < -0.4 is 5.32 Å². The smallest absolute Gasteiger partial charge is 0.332 e. The van der Waals surface area contributed by atoms with Gasteiger partial charge in [-0.25, -0.2) is 4.79 Å². The van der Waals surface area contributed by atoms with E-state index < -0.39 is 16.5 Å². The largest absolute Gasteiger partial charge is 0.356 e. The van der Waals surface area contributed by atoms with Gasteiger partial charge < -0.3 is 5.32 Å². The number of hydrogen-bond acceptors (Lipinski definition) is 3. The van der Waals surface area contributed by atoms with E-state index in [1.165, 1.54) is 6.08 Å². The third-order valence-electron chi connectivity index (χ3n) is 0.555. The van der Waals surface area contributed by atoms with Gasteiger partial charge in [0, 0.05) is 6.54 Å². The van der Waals surface area contributed by atoms with Crippen molar-refractivity contribution in [3.63, 3.8) is 0 Å². The molecule has 0 aliphatic heterocycles. The highest BCUT2D eigenvalue weighted by atomic mass is 32.2. The molecule has 0 aromatic heterocycles. The van der Waals surface area contributed by atoms with Crippen LogP contribution >= 0.6 is 0 Å². The van der Waals surface area contributed by atoms with Gasteiger partial charge in [-0.05, 0) is 0 Å². The van der Waals surface area contributed by atoms with E-state index in [2.05, 4.69) is 16.3 Å². The summed E-state index contributed by atoms with van der Waals surface area (Å²) < 4.78 is 22.1. The molecule has 5 nitrogen and oxygen atoms in total. The zero-order valence-corrected chi connectivity index (χ0v) is 5.89. The highest BCUT2D eigenvalue weighted by molar-refractivity contribution is 7.62. The molecule has 0 saturated carbocycles. The van der Waals surface area contributed by atoms with Gasteiger partial charge in [0.1, 0.15) is 0 Å². The van der Waals surface area contributed by atoms with Crippen molar-refractivity contribution in [1.29, 1.82) is 0 Å². The third kappa shape index (κ3) is 4.98. The van der Waals surface area contributed by atoms with Crippen LogP contribution in [0, 0.1) is 0 Å². The molecule has 2 amide bonds. The topological polar surface area (TPSA) is 75.6 Å². The predicted octanol–water partition coefficient (Wildman–Crippen LogP) is -0.0553. The first-order valence-corrected chi connectivity index (χ1v) is 3.40. The van der Waals surface area contributed by atoms with Crippen LogP contribution in [-0.2, 0) is 10.5 Å². The molecule has 0 aromatic carbocycles. The molecule has 1 N–H and O–H groups in total. The molecular weight excluding hydrogens is 156 g/mol. The quantitative estimate of drug-likeness (QED) is 0.578. The third-order valence-corrected chi connectivity index (χ3v) is 0.870. The van der Waals surface area contributed by atoms with Crippen molar-refractivity contribution in [2.75, 3.05) is 6.54 Å². The summed E-state index contributed by atoms with van der Waals surface area (Å²) in [6.07, 6.45) is 1.42. The van der Waals surface area contributed by atoms with E-state index in [0.717, 1.165) is 0 Å². The highest BCUT2D eigenvalue weighted by Crippen LogP contribution is 1.71. The molecule has 56 valence electrons. The fraction of sp³-hybridized carbons (Fsp3) is 0.250. The lowest BCUT2D eigenvalue weighted by atomic mass is 10.6. The lowest BCUT2D eigenvalue weighted by Gasteiger charge is -1.89. The average Bonchev–Trinajstić information content (AvgIpc) is 1.82. The Hall–Kier alpha value is -1.17. The Bertz CT molecular complexity index is 246. The molecule has 0 radical (unpaired) electrons. The van der Waals surface area contributed by atoms with Crippen LogP contribution in [-0.4, -0.2) is 21.0 Å². The van der Waals surface area contributed by atoms with Gasteiger partial charge in [0.2, 0.25) is 0 Å². The summed E-state index contributed by atoms with van der Waals surface area (Å²) >= 11 is 0. The van der Waals surface area contributed by atoms with E-state index in [-0.39, 0.29) is 6.54 Å². The number of urea groups is 1. The molecule has 10 heavy (non-hydrogen) atoms. The van der Waals surface area contributed by atoms with Crippen molar-refractivity contribution in [3.8, 4) is 0 Å². The van der Waals surface area contributed by atoms with Gasteiger partial charge in [-0.3, -0.25) is 0 Å². The van der Waals surface area contributed by atoms with Crippen LogP contribution in [0.1, 0.15) is 0 Å². The van der Waals surface area contributed by atoms with Gasteiger partial charge in [0.25, 0.3) is 0 Å². The van der Waals surface area contributed by atoms with Crippen LogP contribution in [0.25, 0.3) is 0 Å². The molecule has 0 saturated heterocycles. The summed E-state index contributed by atoms with van der Waals surface area (Å²) in [5, 5.41) is 2.15. The maximum absolute atomic E-state index is 10.3. The van der Waals surface area contributed by atoms with E-state index >= 15 is 0 Å². The van der Waals surface area contributed by atoms with Crippen LogP contribution in [0.2, 0.25) is 0 Å². The van der Waals surface area contributed by atoms with Crippen LogP contribution in [0.5, 0.6) is 0 Å². The summed E-state index contributed by atoms with van der Waals surface area (Å²) in [7, 11) is -2.67. The number of nitrogens with zero attached hydrogens (tertiary/aromatic N) is 1. The molecule has 0 fully saturated rings. The first-order valence-electron chi connectivity index (χ1n) is 2.36. The second kappa shape index (κ2) is 4.68. The zero-order valence-electron chi connectivity index (χ0n) is 5.07. The van der Waals surface area contributed by atoms with E-state index in [9.17, 15) is 13.2 Å². The summed E-state index contributed by atoms with van der Waals surface area (Å²) in [4.78, 5) is 10.3. The molecule has 0 spiro atoms. The number of hydrogen-bond donors (Lipinski definition) is 1. The second-order valence-corrected chi connectivity index (χ2v) is 1.90. The van der Waals surface area contributed by atoms with Crippen molar-refractivity contribution in [1.82, 2.24) is 5.32 Å². The normalized spacial score (nSPS) is 8.00. The summed E-state index contributed by atoms with van der Waals surface area (Å²) in [6, 6.07) is -0.881. The van der Waals surface area contributed by atoms with Crippen LogP contribution in [0.15, 0.2) is 17.0 Å². The van der Waals surface area contributed by atoms with Gasteiger partial charge in [0.05, 0.1) is 0 Å². The Labute approximate surface area is 59.4 Å². The van der Waals surface area contributed by atoms with Crippen LogP contribution in [0.4, 0.5) is 4.79 Å². The molecule has 0 heterocycles. The number of nitrogens with one attached hydrogen (secondary N) is 1. The van der Waals surface area contributed by atoms with E-state index in [0.29, 0.717) is 0 Å². The Morgan fingerprint density at radius 2 is 2.30 bits per heavy atom. The number of rotatable bonds is 2. The number of amides is 2. The molecule has 0 aliphatic rings. The second-order valence-electron chi connectivity index (χ2n) is 1.28. The van der Waals surface area contributed by atoms with E-state index in [4.69, 9.17) is 0 Å². The molecule has 0 rings (SSSR count). The van der Waals surface area contributed by atoms with E-state index in [1.807, 2.05) is 0 Å². The molecule has 0 aromatic rings. The fourth-order valence-corrected chi connectivity index (χ4v) is 0.459. The first-order chi connectivity index (χ1) is 4.66. The number of carbonyl (C=O) groups excluding carboxylic acids is 1. The minimum Gasteiger partial charge on any atom is -0.332 e. The summed E-state index contributed by atoms with van der Waals surface area (Å²) in [6.45, 7) is 3.51. The molecule has 0 aliphatic carbocycles. The van der Waals surface area contributed by atoms with Gasteiger partial charge in [0.15, 0.2) is 0 Å². The Kier molecular flexibility index (Phi) is 4.14. The zero-order chi connectivity index (χ0) is 7.98. The lowest BCUT2D eigenvalue weighted by Crippen LogP contribution is -2.18. The van der Waals surface area contributed by atoms with Crippen molar-refractivity contribution in [2.45, 2.75) is 0 Å². The van der Waals surface area contributed by atoms with E-state index in [1.54, 1.807) is 0 Å². The first kappa shape index (κ1) is 8.83. The number of carbonyl (C=O) groups is 1. The van der Waals surface area contributed by atoms with Crippen molar-refractivity contribution in [2.24, 2.45) is 4.36 Å². The maximum atomic E-state index is 10.3. The summed E-state index contributed by atoms with van der Waals surface area (Å²) in [5.74, 6) is 0. The Morgan fingerprint density at radius 1 is 1.70 bits per heavy atom. The van der Waals surface area contributed by atoms with Crippen molar-refractivity contribution >= 4 is 16.5 Å². The van der Waals surface area contributed by atoms with Gasteiger partial charge >= 0.3 is 16.5 Å². The Balaban J connectivity index is 3.88. The van der Waals surface area contributed by atoms with Crippen molar-refractivity contribution in [3.05, 3.63) is 12.7 Å². The molecular formula is C4H6N2O3S. The molecule has 0 unspecified atom stereocenters. The van der Waals surface area contributed by atoms with Crippen molar-refractivity contribution < 1.29 is 13.2 Å².